The van der Waals surface area contributed by atoms with E-state index in [1.807, 2.05) is 36.4 Å². The predicted molar refractivity (Wildman–Crippen MR) is 88.7 cm³/mol. The maximum absolute atomic E-state index is 9.80. The van der Waals surface area contributed by atoms with Gasteiger partial charge in [0.05, 0.1) is 16.3 Å². The first-order valence-electron chi connectivity index (χ1n) is 6.58. The Balaban J connectivity index is 1.82. The van der Waals surface area contributed by atoms with E-state index in [4.69, 9.17) is 4.74 Å². The third-order valence-corrected chi connectivity index (χ3v) is 4.62. The summed E-state index contributed by atoms with van der Waals surface area (Å²) in [6.45, 7) is 2.13. The molecule has 2 aromatic carbocycles. The van der Waals surface area contributed by atoms with Crippen molar-refractivity contribution in [2.45, 2.75) is 19.6 Å². The van der Waals surface area contributed by atoms with Crippen LogP contribution in [-0.2, 0) is 6.61 Å². The number of nitrogens with zero attached hydrogens (tertiary/aromatic N) is 1. The summed E-state index contributed by atoms with van der Waals surface area (Å²) in [4.78, 5) is 4.54. The Morgan fingerprint density at radius 1 is 1.29 bits per heavy atom. The van der Waals surface area contributed by atoms with Crippen LogP contribution in [0, 0.1) is 0 Å². The lowest BCUT2D eigenvalue weighted by molar-refractivity contribution is 0.190. The number of halogens is 1. The summed E-state index contributed by atoms with van der Waals surface area (Å²) in [6, 6.07) is 13.7. The van der Waals surface area contributed by atoms with E-state index in [-0.39, 0.29) is 0 Å². The molecule has 21 heavy (non-hydrogen) atoms. The number of aromatic nitrogens is 1. The fourth-order valence-corrected chi connectivity index (χ4v) is 3.32. The monoisotopic (exact) mass is 363 g/mol. The van der Waals surface area contributed by atoms with Crippen molar-refractivity contribution in [2.75, 3.05) is 0 Å². The summed E-state index contributed by atoms with van der Waals surface area (Å²) in [5, 5.41) is 10.7. The number of benzene rings is 2. The van der Waals surface area contributed by atoms with Crippen LogP contribution in [0.15, 0.2) is 46.9 Å². The van der Waals surface area contributed by atoms with Gasteiger partial charge in [0, 0.05) is 10.0 Å². The first-order valence-corrected chi connectivity index (χ1v) is 8.19. The van der Waals surface area contributed by atoms with Crippen molar-refractivity contribution in [2.24, 2.45) is 0 Å². The maximum Gasteiger partial charge on any atom is 0.140 e. The highest BCUT2D eigenvalue weighted by molar-refractivity contribution is 9.10. The van der Waals surface area contributed by atoms with Crippen molar-refractivity contribution < 1.29 is 9.84 Å². The number of para-hydroxylation sites is 1. The molecular formula is C16H14BrNO2S. The molecule has 3 nitrogen and oxygen atoms in total. The molecule has 5 heteroatoms. The molecule has 0 amide bonds. The van der Waals surface area contributed by atoms with Crippen LogP contribution in [0.2, 0.25) is 0 Å². The van der Waals surface area contributed by atoms with Crippen LogP contribution in [0.1, 0.15) is 23.6 Å². The van der Waals surface area contributed by atoms with Crippen LogP contribution in [-0.4, -0.2) is 10.1 Å². The number of rotatable bonds is 4. The van der Waals surface area contributed by atoms with Crippen molar-refractivity contribution in [1.82, 2.24) is 4.98 Å². The van der Waals surface area contributed by atoms with E-state index in [1.165, 1.54) is 0 Å². The van der Waals surface area contributed by atoms with Crippen molar-refractivity contribution in [3.8, 4) is 5.75 Å². The van der Waals surface area contributed by atoms with Crippen LogP contribution in [0.25, 0.3) is 10.2 Å². The van der Waals surface area contributed by atoms with Crippen LogP contribution in [0.3, 0.4) is 0 Å². The molecule has 0 unspecified atom stereocenters. The van der Waals surface area contributed by atoms with E-state index < -0.39 is 6.10 Å². The smallest absolute Gasteiger partial charge is 0.140 e. The topological polar surface area (TPSA) is 42.4 Å². The van der Waals surface area contributed by atoms with Crippen molar-refractivity contribution in [3.05, 3.63) is 57.5 Å². The fraction of sp³-hybridized carbons (Fsp3) is 0.188. The van der Waals surface area contributed by atoms with Crippen molar-refractivity contribution in [1.29, 1.82) is 0 Å². The van der Waals surface area contributed by atoms with Gasteiger partial charge < -0.3 is 9.84 Å². The SMILES string of the molecule is C[C@H](O)c1ccc(Br)cc1OCc1nc2ccccc2s1. The lowest BCUT2D eigenvalue weighted by atomic mass is 10.1. The number of aliphatic hydroxyl groups excluding tert-OH is 1. The average Bonchev–Trinajstić information content (AvgIpc) is 2.87. The van der Waals surface area contributed by atoms with Crippen LogP contribution in [0.5, 0.6) is 5.75 Å². The Bertz CT molecular complexity index is 737. The van der Waals surface area contributed by atoms with Gasteiger partial charge in [0.1, 0.15) is 17.4 Å². The van der Waals surface area contributed by atoms with Gasteiger partial charge in [-0.3, -0.25) is 0 Å². The molecule has 0 radical (unpaired) electrons. The molecule has 3 aromatic rings. The highest BCUT2D eigenvalue weighted by Gasteiger charge is 2.11. The first kappa shape index (κ1) is 14.5. The molecule has 0 aliphatic heterocycles. The molecule has 1 aromatic heterocycles. The molecule has 0 fully saturated rings. The van der Waals surface area contributed by atoms with Gasteiger partial charge in [0.2, 0.25) is 0 Å². The maximum atomic E-state index is 9.80. The van der Waals surface area contributed by atoms with Gasteiger partial charge in [0.25, 0.3) is 0 Å². The number of ether oxygens (including phenoxy) is 1. The zero-order valence-corrected chi connectivity index (χ0v) is 13.8. The molecule has 1 atom stereocenters. The Morgan fingerprint density at radius 2 is 2.10 bits per heavy atom. The molecule has 0 saturated heterocycles. The summed E-state index contributed by atoms with van der Waals surface area (Å²) < 4.78 is 7.93. The van der Waals surface area contributed by atoms with Gasteiger partial charge in [-0.2, -0.15) is 0 Å². The minimum Gasteiger partial charge on any atom is -0.486 e. The molecule has 1 heterocycles. The summed E-state index contributed by atoms with van der Waals surface area (Å²) >= 11 is 5.05. The Labute approximate surface area is 135 Å². The van der Waals surface area contributed by atoms with Crippen molar-refractivity contribution >= 4 is 37.5 Å². The van der Waals surface area contributed by atoms with E-state index in [2.05, 4.69) is 27.0 Å². The minimum atomic E-state index is -0.566. The molecule has 0 spiro atoms. The van der Waals surface area contributed by atoms with Crippen LogP contribution in [0.4, 0.5) is 0 Å². The third-order valence-electron chi connectivity index (χ3n) is 3.12. The zero-order valence-electron chi connectivity index (χ0n) is 11.4. The second kappa shape index (κ2) is 6.13. The number of fused-ring (bicyclic) bond motifs is 1. The molecule has 1 N–H and O–H groups in total. The van der Waals surface area contributed by atoms with Gasteiger partial charge >= 0.3 is 0 Å². The van der Waals surface area contributed by atoms with Crippen LogP contribution >= 0.6 is 27.3 Å². The summed E-state index contributed by atoms with van der Waals surface area (Å²) in [5.74, 6) is 0.679. The lowest BCUT2D eigenvalue weighted by Gasteiger charge is -2.13. The summed E-state index contributed by atoms with van der Waals surface area (Å²) in [5.41, 5.74) is 1.77. The van der Waals surface area contributed by atoms with Gasteiger partial charge in [-0.05, 0) is 31.2 Å². The second-order valence-electron chi connectivity index (χ2n) is 4.72. The van der Waals surface area contributed by atoms with Gasteiger partial charge in [-0.1, -0.05) is 34.1 Å². The Hall–Kier alpha value is -1.43. The van der Waals surface area contributed by atoms with Gasteiger partial charge in [-0.15, -0.1) is 11.3 Å². The highest BCUT2D eigenvalue weighted by atomic mass is 79.9. The van der Waals surface area contributed by atoms with Gasteiger partial charge in [-0.25, -0.2) is 4.98 Å². The molecule has 0 bridgehead atoms. The Kier molecular flexibility index (Phi) is 4.24. The largest absolute Gasteiger partial charge is 0.486 e. The molecule has 0 aliphatic carbocycles. The van der Waals surface area contributed by atoms with E-state index in [1.54, 1.807) is 18.3 Å². The van der Waals surface area contributed by atoms with Gasteiger partial charge in [0.15, 0.2) is 0 Å². The average molecular weight is 364 g/mol. The second-order valence-corrected chi connectivity index (χ2v) is 6.75. The fourth-order valence-electron chi connectivity index (χ4n) is 2.10. The molecule has 0 aliphatic rings. The quantitative estimate of drug-likeness (QED) is 0.730. The molecular weight excluding hydrogens is 350 g/mol. The lowest BCUT2D eigenvalue weighted by Crippen LogP contribution is -2.00. The summed E-state index contributed by atoms with van der Waals surface area (Å²) in [7, 11) is 0. The number of hydrogen-bond donors (Lipinski definition) is 1. The zero-order chi connectivity index (χ0) is 14.8. The third kappa shape index (κ3) is 3.26. The Morgan fingerprint density at radius 3 is 2.86 bits per heavy atom. The molecule has 3 rings (SSSR count). The minimum absolute atomic E-state index is 0.398. The highest BCUT2D eigenvalue weighted by Crippen LogP contribution is 2.30. The normalized spacial score (nSPS) is 12.5. The number of hydrogen-bond acceptors (Lipinski definition) is 4. The number of thiazole rings is 1. The summed E-state index contributed by atoms with van der Waals surface area (Å²) in [6.07, 6.45) is -0.566. The molecule has 0 saturated carbocycles. The van der Waals surface area contributed by atoms with Crippen LogP contribution < -0.4 is 4.74 Å². The standard InChI is InChI=1S/C16H14BrNO2S/c1-10(19)12-7-6-11(17)8-14(12)20-9-16-18-13-4-2-3-5-15(13)21-16/h2-8,10,19H,9H2,1H3/t10-/m0/s1. The van der Waals surface area contributed by atoms with E-state index in [9.17, 15) is 5.11 Å². The molecule has 108 valence electrons. The van der Waals surface area contributed by atoms with Crippen molar-refractivity contribution in [3.63, 3.8) is 0 Å². The number of aliphatic hydroxyl groups is 1. The van der Waals surface area contributed by atoms with E-state index >= 15 is 0 Å². The first-order chi connectivity index (χ1) is 10.1. The van der Waals surface area contributed by atoms with E-state index in [0.717, 1.165) is 25.3 Å². The predicted octanol–water partition coefficient (Wildman–Crippen LogP) is 4.69. The van der Waals surface area contributed by atoms with E-state index in [0.29, 0.717) is 12.4 Å².